The molecule has 176 valence electrons. The molecule has 0 spiro atoms. The Morgan fingerprint density at radius 1 is 0.794 bits per heavy atom. The van der Waals surface area contributed by atoms with Crippen molar-refractivity contribution in [1.82, 2.24) is 0 Å². The van der Waals surface area contributed by atoms with Gasteiger partial charge >= 0.3 is 6.18 Å². The maximum atomic E-state index is 13.4. The van der Waals surface area contributed by atoms with Gasteiger partial charge in [0.1, 0.15) is 0 Å². The van der Waals surface area contributed by atoms with Crippen LogP contribution in [0.2, 0.25) is 0 Å². The summed E-state index contributed by atoms with van der Waals surface area (Å²) in [6, 6.07) is 18.3. The number of hydrogen-bond acceptors (Lipinski definition) is 2. The normalized spacial score (nSPS) is 14.4. The van der Waals surface area contributed by atoms with Gasteiger partial charge in [-0.25, -0.2) is 0 Å². The maximum absolute atomic E-state index is 13.4. The number of hydrogen-bond donors (Lipinski definition) is 2. The number of para-hydroxylation sites is 1. The number of nitrogens with one attached hydrogen (secondary N) is 2. The fourth-order valence-electron chi connectivity index (χ4n) is 4.33. The molecule has 0 radical (unpaired) electrons. The lowest BCUT2D eigenvalue weighted by molar-refractivity contribution is -0.137. The van der Waals surface area contributed by atoms with Crippen LogP contribution in [0.15, 0.2) is 72.8 Å². The molecule has 2 N–H and O–H groups in total. The average Bonchev–Trinajstić information content (AvgIpc) is 2.84. The summed E-state index contributed by atoms with van der Waals surface area (Å²) in [6.45, 7) is 0. The predicted molar refractivity (Wildman–Crippen MR) is 126 cm³/mol. The Balaban J connectivity index is 1.54. The van der Waals surface area contributed by atoms with E-state index in [1.54, 1.807) is 48.5 Å². The fraction of sp³-hybridized carbons (Fsp3) is 0.259. The second-order valence-electron chi connectivity index (χ2n) is 8.45. The second-order valence-corrected chi connectivity index (χ2v) is 8.45. The minimum Gasteiger partial charge on any atom is -0.325 e. The van der Waals surface area contributed by atoms with Crippen LogP contribution >= 0.6 is 0 Å². The van der Waals surface area contributed by atoms with Crippen LogP contribution in [0.4, 0.5) is 24.5 Å². The van der Waals surface area contributed by atoms with Gasteiger partial charge in [-0.2, -0.15) is 13.2 Å². The minimum atomic E-state index is -4.49. The summed E-state index contributed by atoms with van der Waals surface area (Å²) >= 11 is 0. The van der Waals surface area contributed by atoms with Gasteiger partial charge in [-0.3, -0.25) is 9.59 Å². The Kier molecular flexibility index (Phi) is 7.01. The van der Waals surface area contributed by atoms with E-state index < -0.39 is 17.6 Å². The van der Waals surface area contributed by atoms with Gasteiger partial charge in [0.15, 0.2) is 0 Å². The van der Waals surface area contributed by atoms with Crippen LogP contribution in [-0.4, -0.2) is 11.8 Å². The Bertz CT molecular complexity index is 1180. The zero-order valence-electron chi connectivity index (χ0n) is 18.5. The Morgan fingerprint density at radius 2 is 1.50 bits per heavy atom. The van der Waals surface area contributed by atoms with Crippen molar-refractivity contribution in [3.63, 3.8) is 0 Å². The molecule has 1 aliphatic rings. The first kappa shape index (κ1) is 23.5. The van der Waals surface area contributed by atoms with Crippen LogP contribution in [0.25, 0.3) is 11.1 Å². The molecule has 1 fully saturated rings. The van der Waals surface area contributed by atoms with Crippen molar-refractivity contribution < 1.29 is 22.8 Å². The quantitative estimate of drug-likeness (QED) is 0.420. The SMILES string of the molecule is O=C(Nc1cccc(-c2ccccc2C(F)(F)F)c1)c1ccccc1NC(=O)C1CCCCC1. The van der Waals surface area contributed by atoms with E-state index in [1.807, 2.05) is 0 Å². The smallest absolute Gasteiger partial charge is 0.325 e. The van der Waals surface area contributed by atoms with Crippen molar-refractivity contribution >= 4 is 23.2 Å². The molecule has 1 saturated carbocycles. The highest BCUT2D eigenvalue weighted by molar-refractivity contribution is 6.10. The second kappa shape index (κ2) is 10.1. The van der Waals surface area contributed by atoms with E-state index in [0.717, 1.165) is 38.2 Å². The highest BCUT2D eigenvalue weighted by Gasteiger charge is 2.33. The van der Waals surface area contributed by atoms with Crippen LogP contribution in [0.1, 0.15) is 48.0 Å². The molecule has 0 bridgehead atoms. The van der Waals surface area contributed by atoms with E-state index in [-0.39, 0.29) is 23.0 Å². The maximum Gasteiger partial charge on any atom is 0.417 e. The van der Waals surface area contributed by atoms with Crippen LogP contribution < -0.4 is 10.6 Å². The predicted octanol–water partition coefficient (Wildman–Crippen LogP) is 7.14. The van der Waals surface area contributed by atoms with Crippen molar-refractivity contribution in [2.75, 3.05) is 10.6 Å². The number of rotatable bonds is 5. The van der Waals surface area contributed by atoms with E-state index >= 15 is 0 Å². The summed E-state index contributed by atoms with van der Waals surface area (Å²) in [5.74, 6) is -0.609. The van der Waals surface area contributed by atoms with Gasteiger partial charge in [-0.05, 0) is 54.3 Å². The number of benzene rings is 3. The van der Waals surface area contributed by atoms with Crippen molar-refractivity contribution in [2.45, 2.75) is 38.3 Å². The van der Waals surface area contributed by atoms with Gasteiger partial charge in [0.05, 0.1) is 16.8 Å². The van der Waals surface area contributed by atoms with Gasteiger partial charge < -0.3 is 10.6 Å². The summed E-state index contributed by atoms with van der Waals surface area (Å²) in [5, 5.41) is 5.63. The van der Waals surface area contributed by atoms with E-state index in [0.29, 0.717) is 16.9 Å². The Morgan fingerprint density at radius 3 is 2.26 bits per heavy atom. The lowest BCUT2D eigenvalue weighted by Crippen LogP contribution is -2.26. The zero-order chi connectivity index (χ0) is 24.1. The molecule has 1 aliphatic carbocycles. The fourth-order valence-corrected chi connectivity index (χ4v) is 4.33. The number of anilines is 2. The molecular weight excluding hydrogens is 441 g/mol. The highest BCUT2D eigenvalue weighted by Crippen LogP contribution is 2.37. The van der Waals surface area contributed by atoms with Gasteiger partial charge in [-0.1, -0.05) is 61.7 Å². The average molecular weight is 467 g/mol. The molecule has 2 amide bonds. The van der Waals surface area contributed by atoms with Crippen LogP contribution in [0.3, 0.4) is 0 Å². The Hall–Kier alpha value is -3.61. The highest BCUT2D eigenvalue weighted by atomic mass is 19.4. The first-order valence-corrected chi connectivity index (χ1v) is 11.3. The first-order valence-electron chi connectivity index (χ1n) is 11.3. The van der Waals surface area contributed by atoms with E-state index in [1.165, 1.54) is 18.2 Å². The lowest BCUT2D eigenvalue weighted by Gasteiger charge is -2.21. The van der Waals surface area contributed by atoms with Gasteiger partial charge in [0, 0.05) is 11.6 Å². The summed E-state index contributed by atoms with van der Waals surface area (Å²) < 4.78 is 40.3. The molecule has 0 atom stereocenters. The zero-order valence-corrected chi connectivity index (χ0v) is 18.5. The van der Waals surface area contributed by atoms with Crippen LogP contribution in [0.5, 0.6) is 0 Å². The number of carbonyl (C=O) groups is 2. The summed E-state index contributed by atoms with van der Waals surface area (Å²) in [6.07, 6.45) is 0.363. The van der Waals surface area contributed by atoms with E-state index in [9.17, 15) is 22.8 Å². The van der Waals surface area contributed by atoms with Crippen LogP contribution in [0, 0.1) is 5.92 Å². The Labute approximate surface area is 196 Å². The third-order valence-corrected chi connectivity index (χ3v) is 6.07. The monoisotopic (exact) mass is 466 g/mol. The number of carbonyl (C=O) groups excluding carboxylic acids is 2. The van der Waals surface area contributed by atoms with Crippen molar-refractivity contribution in [1.29, 1.82) is 0 Å². The van der Waals surface area contributed by atoms with E-state index in [2.05, 4.69) is 10.6 Å². The number of amides is 2. The molecule has 34 heavy (non-hydrogen) atoms. The summed E-state index contributed by atoms with van der Waals surface area (Å²) in [7, 11) is 0. The molecule has 0 aliphatic heterocycles. The molecule has 0 aromatic heterocycles. The minimum absolute atomic E-state index is 0.0336. The molecule has 4 rings (SSSR count). The standard InChI is InChI=1S/C27H25F3N2O2/c28-27(29,30)23-15-6-4-13-21(23)19-11-8-12-20(17-19)31-26(34)22-14-5-7-16-24(22)32-25(33)18-9-2-1-3-10-18/h4-8,11-18H,1-3,9-10H2,(H,31,34)(H,32,33). The first-order chi connectivity index (χ1) is 16.3. The van der Waals surface area contributed by atoms with Crippen molar-refractivity contribution in [3.8, 4) is 11.1 Å². The number of halogens is 3. The van der Waals surface area contributed by atoms with Gasteiger partial charge in [0.25, 0.3) is 5.91 Å². The molecule has 0 heterocycles. The molecule has 3 aromatic rings. The van der Waals surface area contributed by atoms with E-state index in [4.69, 9.17) is 0 Å². The third-order valence-electron chi connectivity index (χ3n) is 6.07. The van der Waals surface area contributed by atoms with Crippen molar-refractivity contribution in [2.24, 2.45) is 5.92 Å². The molecule has 7 heteroatoms. The van der Waals surface area contributed by atoms with Gasteiger partial charge in [0.2, 0.25) is 5.91 Å². The van der Waals surface area contributed by atoms with Gasteiger partial charge in [-0.15, -0.1) is 0 Å². The lowest BCUT2D eigenvalue weighted by atomic mass is 9.88. The summed E-state index contributed by atoms with van der Waals surface area (Å²) in [4.78, 5) is 25.7. The molecule has 3 aromatic carbocycles. The third kappa shape index (κ3) is 5.47. The summed E-state index contributed by atoms with van der Waals surface area (Å²) in [5.41, 5.74) is 0.680. The molecule has 0 saturated heterocycles. The molecular formula is C27H25F3N2O2. The van der Waals surface area contributed by atoms with Crippen molar-refractivity contribution in [3.05, 3.63) is 83.9 Å². The number of alkyl halides is 3. The molecule has 0 unspecified atom stereocenters. The van der Waals surface area contributed by atoms with Crippen LogP contribution in [-0.2, 0) is 11.0 Å². The largest absolute Gasteiger partial charge is 0.417 e. The topological polar surface area (TPSA) is 58.2 Å². The molecule has 4 nitrogen and oxygen atoms in total.